The first kappa shape index (κ1) is 20.4. The zero-order chi connectivity index (χ0) is 21.4. The van der Waals surface area contributed by atoms with Crippen LogP contribution in [0.1, 0.15) is 25.3 Å². The number of esters is 1. The van der Waals surface area contributed by atoms with Gasteiger partial charge in [-0.15, -0.1) is 0 Å². The van der Waals surface area contributed by atoms with E-state index in [1.54, 1.807) is 23.6 Å². The van der Waals surface area contributed by atoms with E-state index >= 15 is 0 Å². The number of aromatic nitrogens is 2. The maximum absolute atomic E-state index is 11.5. The Balaban J connectivity index is 1.55. The summed E-state index contributed by atoms with van der Waals surface area (Å²) in [5.41, 5.74) is 2.84. The van der Waals surface area contributed by atoms with Crippen molar-refractivity contribution in [1.82, 2.24) is 9.13 Å². The Bertz CT molecular complexity index is 1140. The first-order valence-corrected chi connectivity index (χ1v) is 10.7. The van der Waals surface area contributed by atoms with Gasteiger partial charge in [0.05, 0.1) is 16.8 Å². The van der Waals surface area contributed by atoms with Crippen LogP contribution < -0.4 is 0 Å². The van der Waals surface area contributed by atoms with Gasteiger partial charge < -0.3 is 9.84 Å². The summed E-state index contributed by atoms with van der Waals surface area (Å²) < 4.78 is 8.91. The van der Waals surface area contributed by atoms with Crippen molar-refractivity contribution in [1.29, 1.82) is 0 Å². The van der Waals surface area contributed by atoms with Gasteiger partial charge in [-0.3, -0.25) is 24.0 Å². The summed E-state index contributed by atoms with van der Waals surface area (Å²) in [7, 11) is 0. The van der Waals surface area contributed by atoms with E-state index in [9.17, 15) is 20.0 Å². The summed E-state index contributed by atoms with van der Waals surface area (Å²) in [4.78, 5) is 22.0. The number of nitrogens with zero attached hydrogens (tertiary/aromatic N) is 3. The van der Waals surface area contributed by atoms with E-state index in [1.807, 2.05) is 10.6 Å². The van der Waals surface area contributed by atoms with Crippen LogP contribution in [-0.4, -0.2) is 37.0 Å². The Labute approximate surface area is 181 Å². The van der Waals surface area contributed by atoms with Crippen LogP contribution in [0, 0.1) is 14.9 Å². The number of carbonyl (C=O) groups excluding carboxylic acids is 1. The largest absolute Gasteiger partial charge is 0.493 e. The first-order chi connectivity index (χ1) is 14.4. The molecule has 1 N–H and O–H groups in total. The van der Waals surface area contributed by atoms with Gasteiger partial charge in [-0.1, -0.05) is 17.8 Å². The number of carbonyl (C=O) groups is 1. The number of fused-ring (bicyclic) bond motifs is 3. The number of hydrogen-bond donors (Lipinski definition) is 1. The monoisotopic (exact) mass is 445 g/mol. The third kappa shape index (κ3) is 3.56. The number of nitro benzene ring substituents is 1. The fourth-order valence-electron chi connectivity index (χ4n) is 3.56. The van der Waals surface area contributed by atoms with Crippen LogP contribution in [0.25, 0.3) is 11.3 Å². The van der Waals surface area contributed by atoms with Crippen LogP contribution in [0.2, 0.25) is 0 Å². The van der Waals surface area contributed by atoms with Gasteiger partial charge in [0.2, 0.25) is 5.88 Å². The van der Waals surface area contributed by atoms with Crippen LogP contribution in [0.5, 0.6) is 5.88 Å². The number of ether oxygens (including phenoxy) is 1. The fraction of sp³-hybridized carbons (Fsp3) is 0.300. The molecule has 8 nitrogen and oxygen atoms in total. The molecule has 2 aliphatic rings. The van der Waals surface area contributed by atoms with Gasteiger partial charge in [-0.2, -0.15) is 0 Å². The standard InChI is InChI=1S/C20H19N3O5S2/c1-2-28-17(24)4-3-9-21-18(25)19-22(20(21)29)15-10-13(11-16(15)30-19)12-5-7-14(8-6-12)23(26)27/h5-8,10-11,16,25H,2-4,9H2,1H3. The number of non-ortho nitro benzene ring substituents is 1. The summed E-state index contributed by atoms with van der Waals surface area (Å²) in [6.07, 6.45) is 4.84. The third-order valence-corrected chi connectivity index (χ3v) is 6.60. The molecule has 10 heteroatoms. The zero-order valence-corrected chi connectivity index (χ0v) is 17.7. The third-order valence-electron chi connectivity index (χ3n) is 4.97. The van der Waals surface area contributed by atoms with E-state index in [0.29, 0.717) is 29.4 Å². The van der Waals surface area contributed by atoms with Crippen LogP contribution in [0.4, 0.5) is 5.69 Å². The molecular weight excluding hydrogens is 426 g/mol. The Hall–Kier alpha value is -2.85. The maximum atomic E-state index is 11.5. The van der Waals surface area contributed by atoms with Gasteiger partial charge in [0.15, 0.2) is 4.77 Å². The Morgan fingerprint density at radius 3 is 2.77 bits per heavy atom. The highest BCUT2D eigenvalue weighted by molar-refractivity contribution is 8.00. The van der Waals surface area contributed by atoms with Gasteiger partial charge >= 0.3 is 5.97 Å². The van der Waals surface area contributed by atoms with Crippen LogP contribution in [0.15, 0.2) is 41.4 Å². The van der Waals surface area contributed by atoms with Crippen LogP contribution in [0.3, 0.4) is 0 Å². The second kappa shape index (κ2) is 8.11. The van der Waals surface area contributed by atoms with Gasteiger partial charge in [-0.25, -0.2) is 0 Å². The molecule has 0 fully saturated rings. The molecule has 1 atom stereocenters. The summed E-state index contributed by atoms with van der Waals surface area (Å²) >= 11 is 7.10. The maximum Gasteiger partial charge on any atom is 0.305 e. The molecular formula is C20H19N3O5S2. The molecule has 0 saturated heterocycles. The lowest BCUT2D eigenvalue weighted by atomic mass is 10.1. The first-order valence-electron chi connectivity index (χ1n) is 9.46. The molecule has 1 aliphatic heterocycles. The number of imidazole rings is 1. The van der Waals surface area contributed by atoms with Crippen molar-refractivity contribution in [3.05, 3.63) is 56.9 Å². The zero-order valence-electron chi connectivity index (χ0n) is 16.1. The average Bonchev–Trinajstić information content (AvgIpc) is 3.34. The van der Waals surface area contributed by atoms with E-state index in [0.717, 1.165) is 16.8 Å². The van der Waals surface area contributed by atoms with Crippen molar-refractivity contribution in [3.63, 3.8) is 0 Å². The number of nitro groups is 1. The predicted molar refractivity (Wildman–Crippen MR) is 116 cm³/mol. The smallest absolute Gasteiger partial charge is 0.305 e. The number of allylic oxidation sites excluding steroid dienone is 2. The molecule has 0 spiro atoms. The van der Waals surface area contributed by atoms with E-state index in [2.05, 4.69) is 6.08 Å². The van der Waals surface area contributed by atoms with Crippen molar-refractivity contribution < 1.29 is 19.6 Å². The quantitative estimate of drug-likeness (QED) is 0.292. The molecule has 1 unspecified atom stereocenters. The normalized spacial score (nSPS) is 16.6. The van der Waals surface area contributed by atoms with Gasteiger partial charge in [0, 0.05) is 30.8 Å². The molecule has 0 amide bonds. The number of aromatic hydroxyl groups is 1. The molecule has 1 aromatic heterocycles. The molecule has 30 heavy (non-hydrogen) atoms. The molecule has 2 heterocycles. The van der Waals surface area contributed by atoms with Gasteiger partial charge in [0.25, 0.3) is 5.69 Å². The van der Waals surface area contributed by atoms with E-state index in [1.165, 1.54) is 23.9 Å². The highest BCUT2D eigenvalue weighted by Gasteiger charge is 2.35. The second-order valence-corrected chi connectivity index (χ2v) is 8.34. The Morgan fingerprint density at radius 2 is 2.10 bits per heavy atom. The molecule has 0 saturated carbocycles. The summed E-state index contributed by atoms with van der Waals surface area (Å²) in [5.74, 6) is -0.158. The molecule has 0 bridgehead atoms. The molecule has 2 aromatic rings. The van der Waals surface area contributed by atoms with Gasteiger partial charge in [0.1, 0.15) is 5.03 Å². The summed E-state index contributed by atoms with van der Waals surface area (Å²) in [5, 5.41) is 22.2. The van der Waals surface area contributed by atoms with Crippen molar-refractivity contribution in [2.75, 3.05) is 6.61 Å². The summed E-state index contributed by atoms with van der Waals surface area (Å²) in [6.45, 7) is 2.53. The molecule has 4 rings (SSSR count). The van der Waals surface area contributed by atoms with Crippen LogP contribution >= 0.6 is 24.0 Å². The van der Waals surface area contributed by atoms with E-state index in [4.69, 9.17) is 17.0 Å². The van der Waals surface area contributed by atoms with E-state index < -0.39 is 4.92 Å². The fourth-order valence-corrected chi connectivity index (χ4v) is 5.26. The number of benzene rings is 1. The lowest BCUT2D eigenvalue weighted by molar-refractivity contribution is -0.384. The average molecular weight is 446 g/mol. The predicted octanol–water partition coefficient (Wildman–Crippen LogP) is 4.39. The molecule has 1 aliphatic carbocycles. The molecule has 0 radical (unpaired) electrons. The van der Waals surface area contributed by atoms with Gasteiger partial charge in [-0.05, 0) is 54.9 Å². The van der Waals surface area contributed by atoms with Crippen LogP contribution in [-0.2, 0) is 16.1 Å². The lowest BCUT2D eigenvalue weighted by Crippen LogP contribution is -2.07. The van der Waals surface area contributed by atoms with Crippen molar-refractivity contribution in [2.45, 2.75) is 36.6 Å². The summed E-state index contributed by atoms with van der Waals surface area (Å²) in [6, 6.07) is 6.42. The molecule has 1 aromatic carbocycles. The van der Waals surface area contributed by atoms with Crippen molar-refractivity contribution in [2.24, 2.45) is 0 Å². The Kier molecular flexibility index (Phi) is 5.52. The minimum atomic E-state index is -0.422. The minimum Gasteiger partial charge on any atom is -0.493 e. The number of hydrogen-bond acceptors (Lipinski definition) is 7. The van der Waals surface area contributed by atoms with Crippen molar-refractivity contribution in [3.8, 4) is 5.88 Å². The highest BCUT2D eigenvalue weighted by Crippen LogP contribution is 2.50. The second-order valence-electron chi connectivity index (χ2n) is 6.84. The SMILES string of the molecule is CCOC(=O)CCCn1c(O)c2n(c1=S)C1=CC(c3ccc([N+](=O)[O-])cc3)=CC1S2. The highest BCUT2D eigenvalue weighted by atomic mass is 32.2. The number of rotatable bonds is 7. The lowest BCUT2D eigenvalue weighted by Gasteiger charge is -2.07. The van der Waals surface area contributed by atoms with E-state index in [-0.39, 0.29) is 29.2 Å². The molecule has 156 valence electrons. The minimum absolute atomic E-state index is 0.0203. The van der Waals surface area contributed by atoms with Crippen molar-refractivity contribution >= 4 is 46.9 Å². The number of thioether (sulfide) groups is 1. The Morgan fingerprint density at radius 1 is 1.37 bits per heavy atom. The topological polar surface area (TPSA) is 99.5 Å².